The largest absolute Gasteiger partial charge is 0.372 e. The normalized spacial score (nSPS) is 18.3. The van der Waals surface area contributed by atoms with Gasteiger partial charge in [0.25, 0.3) is 5.91 Å². The molecule has 4 heteroatoms. The van der Waals surface area contributed by atoms with Crippen LogP contribution in [0.5, 0.6) is 0 Å². The molecule has 0 radical (unpaired) electrons. The van der Waals surface area contributed by atoms with Crippen molar-refractivity contribution in [3.8, 4) is 0 Å². The molecule has 4 nitrogen and oxygen atoms in total. The van der Waals surface area contributed by atoms with Crippen LogP contribution in [-0.4, -0.2) is 36.5 Å². The third-order valence-corrected chi connectivity index (χ3v) is 2.25. The number of hydrogen-bond donors (Lipinski definition) is 1. The molecule has 1 amide bonds. The summed E-state index contributed by atoms with van der Waals surface area (Å²) in [7, 11) is 3.52. The van der Waals surface area contributed by atoms with Crippen molar-refractivity contribution in [3.63, 3.8) is 0 Å². The molecule has 0 aromatic carbocycles. The van der Waals surface area contributed by atoms with E-state index in [9.17, 15) is 4.79 Å². The molecule has 2 rings (SSSR count). The Morgan fingerprint density at radius 3 is 3.07 bits per heavy atom. The summed E-state index contributed by atoms with van der Waals surface area (Å²) in [6, 6.07) is 0. The molecule has 1 N–H and O–H groups in total. The van der Waals surface area contributed by atoms with Crippen LogP contribution < -0.4 is 5.32 Å². The van der Waals surface area contributed by atoms with Crippen LogP contribution >= 0.6 is 0 Å². The Morgan fingerprint density at radius 1 is 1.57 bits per heavy atom. The lowest BCUT2D eigenvalue weighted by molar-refractivity contribution is -0.124. The first-order valence-electron chi connectivity index (χ1n) is 4.51. The maximum Gasteiger partial charge on any atom is 0.255 e. The van der Waals surface area contributed by atoms with E-state index in [4.69, 9.17) is 0 Å². The van der Waals surface area contributed by atoms with Crippen molar-refractivity contribution in [3.05, 3.63) is 35.8 Å². The third kappa shape index (κ3) is 1.28. The molecule has 2 aliphatic rings. The highest BCUT2D eigenvalue weighted by molar-refractivity contribution is 5.98. The van der Waals surface area contributed by atoms with Crippen LogP contribution in [0.2, 0.25) is 0 Å². The number of rotatable bonds is 1. The van der Waals surface area contributed by atoms with Crippen LogP contribution in [0.25, 0.3) is 0 Å². The van der Waals surface area contributed by atoms with Crippen molar-refractivity contribution >= 4 is 5.91 Å². The first-order valence-corrected chi connectivity index (χ1v) is 4.51. The third-order valence-electron chi connectivity index (χ3n) is 2.25. The quantitative estimate of drug-likeness (QED) is 0.644. The predicted molar refractivity (Wildman–Crippen MR) is 53.8 cm³/mol. The molecule has 0 unspecified atom stereocenters. The molecular weight excluding hydrogens is 178 g/mol. The first-order chi connectivity index (χ1) is 6.70. The minimum absolute atomic E-state index is 0.0364. The number of allylic oxidation sites excluding steroid dienone is 2. The number of hydrogen-bond acceptors (Lipinski definition) is 3. The van der Waals surface area contributed by atoms with Gasteiger partial charge in [0.2, 0.25) is 0 Å². The maximum absolute atomic E-state index is 11.8. The lowest BCUT2D eigenvalue weighted by Crippen LogP contribution is -2.29. The summed E-state index contributed by atoms with van der Waals surface area (Å²) in [6.07, 6.45) is 7.56. The molecule has 2 aliphatic heterocycles. The molecule has 0 aromatic rings. The Hall–Kier alpha value is -1.71. The van der Waals surface area contributed by atoms with Gasteiger partial charge < -0.3 is 15.1 Å². The molecule has 0 saturated heterocycles. The van der Waals surface area contributed by atoms with E-state index in [1.54, 1.807) is 19.0 Å². The lowest BCUT2D eigenvalue weighted by atomic mass is 10.1. The summed E-state index contributed by atoms with van der Waals surface area (Å²) in [6.45, 7) is 0.740. The van der Waals surface area contributed by atoms with E-state index in [0.29, 0.717) is 0 Å². The average molecular weight is 191 g/mol. The van der Waals surface area contributed by atoms with Crippen LogP contribution in [0.15, 0.2) is 35.8 Å². The van der Waals surface area contributed by atoms with Crippen LogP contribution in [-0.2, 0) is 4.79 Å². The fraction of sp³-hybridized carbons (Fsp3) is 0.300. The molecule has 14 heavy (non-hydrogen) atoms. The fourth-order valence-corrected chi connectivity index (χ4v) is 1.52. The van der Waals surface area contributed by atoms with Gasteiger partial charge in [-0.2, -0.15) is 0 Å². The van der Waals surface area contributed by atoms with Crippen molar-refractivity contribution in [2.45, 2.75) is 0 Å². The second kappa shape index (κ2) is 3.21. The van der Waals surface area contributed by atoms with Gasteiger partial charge in [-0.15, -0.1) is 0 Å². The van der Waals surface area contributed by atoms with E-state index in [1.165, 1.54) is 0 Å². The van der Waals surface area contributed by atoms with E-state index in [2.05, 4.69) is 5.32 Å². The lowest BCUT2D eigenvalue weighted by Gasteiger charge is -2.23. The molecule has 0 atom stereocenters. The van der Waals surface area contributed by atoms with Crippen LogP contribution in [0.1, 0.15) is 0 Å². The number of nitrogens with zero attached hydrogens (tertiary/aromatic N) is 2. The van der Waals surface area contributed by atoms with E-state index >= 15 is 0 Å². The van der Waals surface area contributed by atoms with Crippen LogP contribution in [0.3, 0.4) is 0 Å². The number of amides is 1. The average Bonchev–Trinajstić information content (AvgIpc) is 2.63. The van der Waals surface area contributed by atoms with Crippen LogP contribution in [0, 0.1) is 0 Å². The number of nitrogens with one attached hydrogen (secondary N) is 1. The van der Waals surface area contributed by atoms with E-state index < -0.39 is 0 Å². The first kappa shape index (κ1) is 8.87. The molecule has 0 fully saturated rings. The van der Waals surface area contributed by atoms with Gasteiger partial charge in [-0.1, -0.05) is 0 Å². The fourth-order valence-electron chi connectivity index (χ4n) is 1.52. The van der Waals surface area contributed by atoms with Crippen molar-refractivity contribution < 1.29 is 4.79 Å². The second-order valence-corrected chi connectivity index (χ2v) is 3.48. The molecule has 0 spiro atoms. The van der Waals surface area contributed by atoms with Crippen molar-refractivity contribution in [1.82, 2.24) is 15.1 Å². The van der Waals surface area contributed by atoms with Gasteiger partial charge >= 0.3 is 0 Å². The zero-order valence-electron chi connectivity index (χ0n) is 8.32. The summed E-state index contributed by atoms with van der Waals surface area (Å²) < 4.78 is 0. The molecule has 2 heterocycles. The molecule has 0 aromatic heterocycles. The smallest absolute Gasteiger partial charge is 0.255 e. The van der Waals surface area contributed by atoms with Gasteiger partial charge in [-0.05, 0) is 12.2 Å². The molecule has 74 valence electrons. The van der Waals surface area contributed by atoms with Gasteiger partial charge in [-0.25, -0.2) is 0 Å². The summed E-state index contributed by atoms with van der Waals surface area (Å²) >= 11 is 0. The highest BCUT2D eigenvalue weighted by Gasteiger charge is 2.24. The van der Waals surface area contributed by atoms with E-state index in [-0.39, 0.29) is 5.91 Å². The van der Waals surface area contributed by atoms with Crippen molar-refractivity contribution in [2.75, 3.05) is 20.8 Å². The molecule has 0 bridgehead atoms. The van der Waals surface area contributed by atoms with Gasteiger partial charge in [0.15, 0.2) is 0 Å². The number of carbonyl (C=O) groups excluding carboxylic acids is 1. The minimum Gasteiger partial charge on any atom is -0.372 e. The summed E-state index contributed by atoms with van der Waals surface area (Å²) in [5.74, 6) is 0.0364. The summed E-state index contributed by atoms with van der Waals surface area (Å²) in [4.78, 5) is 15.4. The summed E-state index contributed by atoms with van der Waals surface area (Å²) in [5.41, 5.74) is 1.69. The minimum atomic E-state index is 0.0364. The van der Waals surface area contributed by atoms with Gasteiger partial charge in [0.1, 0.15) is 0 Å². The highest BCUT2D eigenvalue weighted by Crippen LogP contribution is 2.23. The summed E-state index contributed by atoms with van der Waals surface area (Å²) in [5, 5.41) is 3.09. The zero-order valence-corrected chi connectivity index (χ0v) is 8.32. The van der Waals surface area contributed by atoms with Gasteiger partial charge in [-0.3, -0.25) is 4.79 Å². The Labute approximate surface area is 83.2 Å². The Morgan fingerprint density at radius 2 is 2.36 bits per heavy atom. The highest BCUT2D eigenvalue weighted by atomic mass is 16.2. The number of fused-ring (bicyclic) bond motifs is 1. The van der Waals surface area contributed by atoms with Crippen LogP contribution in [0.4, 0.5) is 0 Å². The maximum atomic E-state index is 11.8. The topological polar surface area (TPSA) is 35.6 Å². The molecule has 0 aliphatic carbocycles. The van der Waals surface area contributed by atoms with Gasteiger partial charge in [0, 0.05) is 26.5 Å². The molecular formula is C10H13N3O. The Bertz CT molecular complexity index is 352. The number of likely N-dealkylation sites (N-methyl/N-ethyl adjacent to an activating group) is 1. The second-order valence-electron chi connectivity index (χ2n) is 3.48. The Balaban J connectivity index is 2.30. The van der Waals surface area contributed by atoms with Gasteiger partial charge in [0.05, 0.1) is 17.9 Å². The Kier molecular flexibility index (Phi) is 2.04. The molecule has 0 saturated carbocycles. The zero-order chi connectivity index (χ0) is 10.1. The number of carbonyl (C=O) groups is 1. The van der Waals surface area contributed by atoms with Crippen molar-refractivity contribution in [1.29, 1.82) is 0 Å². The van der Waals surface area contributed by atoms with E-state index in [1.807, 2.05) is 29.5 Å². The predicted octanol–water partition coefficient (Wildman–Crippen LogP) is 0.232. The van der Waals surface area contributed by atoms with Crippen molar-refractivity contribution in [2.24, 2.45) is 0 Å². The van der Waals surface area contributed by atoms with E-state index in [0.717, 1.165) is 17.9 Å². The standard InChI is InChI=1S/C10H13N3O/c1-12(2)10(14)8-4-3-5-13-7-11-6-9(8)13/h3-6,11H,7H2,1-2H3. The SMILES string of the molecule is CN(C)C(=O)C1=CC=CN2CNC=C12. The monoisotopic (exact) mass is 191 g/mol.